The summed E-state index contributed by atoms with van der Waals surface area (Å²) in [5.74, 6) is 0. The molecular weight excluding hydrogens is 343 g/mol. The summed E-state index contributed by atoms with van der Waals surface area (Å²) >= 11 is 2.26. The summed E-state index contributed by atoms with van der Waals surface area (Å²) in [7, 11) is 4.33. The minimum absolute atomic E-state index is 0.397. The van der Waals surface area contributed by atoms with Gasteiger partial charge in [-0.2, -0.15) is 0 Å². The maximum absolute atomic E-state index is 2.35. The van der Waals surface area contributed by atoms with Crippen molar-refractivity contribution in [1.82, 2.24) is 0 Å². The molecule has 0 radical (unpaired) electrons. The first kappa shape index (κ1) is 13.2. The van der Waals surface area contributed by atoms with Gasteiger partial charge in [0.1, 0.15) is 0 Å². The summed E-state index contributed by atoms with van der Waals surface area (Å²) in [6.45, 7) is 0. The number of thioether (sulfide) groups is 1. The fraction of sp³-hybridized carbons (Fsp3) is 0.118. The van der Waals surface area contributed by atoms with Gasteiger partial charge < -0.3 is 0 Å². The summed E-state index contributed by atoms with van der Waals surface area (Å²) in [5, 5.41) is 1.31. The second kappa shape index (κ2) is 5.06. The Balaban J connectivity index is 1.80. The summed E-state index contributed by atoms with van der Waals surface area (Å²) in [6.07, 6.45) is 2.35. The van der Waals surface area contributed by atoms with E-state index in [2.05, 4.69) is 78.2 Å². The van der Waals surface area contributed by atoms with E-state index in [1.165, 1.54) is 30.0 Å². The van der Waals surface area contributed by atoms with Crippen LogP contribution in [0.15, 0.2) is 58.5 Å². The molecule has 1 aliphatic heterocycles. The van der Waals surface area contributed by atoms with Crippen molar-refractivity contribution in [2.24, 2.45) is 7.05 Å². The molecule has 2 nitrogen and oxygen atoms in total. The van der Waals surface area contributed by atoms with Crippen molar-refractivity contribution < 1.29 is 4.57 Å². The van der Waals surface area contributed by atoms with Crippen LogP contribution in [0.1, 0.15) is 4.57 Å². The number of aryl methyl sites for hydroxylation is 1. The molecule has 0 amide bonds. The maximum atomic E-state index is 2.35. The molecule has 0 fully saturated rings. The minimum atomic E-state index is 0.397. The third-order valence-electron chi connectivity index (χ3n) is 3.79. The van der Waals surface area contributed by atoms with Gasteiger partial charge in [0.05, 0.1) is 0 Å². The number of hydrogen-bond donors (Lipinski definition) is 0. The van der Waals surface area contributed by atoms with Crippen molar-refractivity contribution in [1.29, 1.82) is 0 Å². The first-order valence-corrected chi connectivity index (χ1v) is 9.37. The van der Waals surface area contributed by atoms with Crippen molar-refractivity contribution in [3.63, 3.8) is 0 Å². The molecule has 4 heteroatoms. The Hall–Kier alpha value is -1.48. The molecule has 104 valence electrons. The van der Waals surface area contributed by atoms with E-state index in [-0.39, 0.29) is 0 Å². The molecule has 0 unspecified atom stereocenters. The third kappa shape index (κ3) is 2.15. The number of aromatic nitrogens is 1. The van der Waals surface area contributed by atoms with Gasteiger partial charge in [0.2, 0.25) is 0 Å². The Kier molecular flexibility index (Phi) is 3.18. The van der Waals surface area contributed by atoms with Crippen LogP contribution in [-0.2, 0) is 7.05 Å². The molecule has 0 saturated carbocycles. The van der Waals surface area contributed by atoms with Crippen molar-refractivity contribution in [3.05, 3.63) is 58.1 Å². The summed E-state index contributed by atoms with van der Waals surface area (Å²) in [6, 6.07) is 17.3. The van der Waals surface area contributed by atoms with Gasteiger partial charge in [-0.25, -0.2) is 0 Å². The fourth-order valence-corrected chi connectivity index (χ4v) is 6.14. The molecule has 1 aromatic heterocycles. The SMILES string of the molecule is CN1C(=Cc2[se]c3ccccc3[n+]2C)Sc2ccccc21. The molecule has 1 aliphatic rings. The quantitative estimate of drug-likeness (QED) is 0.487. The van der Waals surface area contributed by atoms with E-state index in [1.54, 1.807) is 0 Å². The van der Waals surface area contributed by atoms with Gasteiger partial charge in [-0.05, 0) is 0 Å². The predicted octanol–water partition coefficient (Wildman–Crippen LogP) is 3.26. The standard InChI is InChI=1S/C17H15N2SSe/c1-18-12-7-3-5-9-14(12)20-16(18)11-17-19(2)13-8-4-6-10-15(13)21-17/h3-11H,1-2H3/q+1. The van der Waals surface area contributed by atoms with Crippen LogP contribution >= 0.6 is 11.8 Å². The first-order chi connectivity index (χ1) is 10.2. The first-order valence-electron chi connectivity index (χ1n) is 6.84. The molecule has 21 heavy (non-hydrogen) atoms. The summed E-state index contributed by atoms with van der Waals surface area (Å²) in [5.41, 5.74) is 2.66. The monoisotopic (exact) mass is 359 g/mol. The van der Waals surface area contributed by atoms with E-state index < -0.39 is 0 Å². The topological polar surface area (TPSA) is 7.12 Å². The number of hydrogen-bond acceptors (Lipinski definition) is 2. The van der Waals surface area contributed by atoms with Crippen LogP contribution in [0.2, 0.25) is 0 Å². The second-order valence-corrected chi connectivity index (χ2v) is 8.37. The average Bonchev–Trinajstić information content (AvgIpc) is 2.99. The molecule has 0 N–H and O–H groups in total. The molecule has 4 rings (SSSR count). The van der Waals surface area contributed by atoms with Crippen molar-refractivity contribution in [3.8, 4) is 0 Å². The Morgan fingerprint density at radius 1 is 1.10 bits per heavy atom. The Morgan fingerprint density at radius 2 is 1.86 bits per heavy atom. The van der Waals surface area contributed by atoms with Crippen molar-refractivity contribution in [2.45, 2.75) is 4.90 Å². The molecule has 0 bridgehead atoms. The number of benzene rings is 2. The number of nitrogens with zero attached hydrogens (tertiary/aromatic N) is 2. The second-order valence-electron chi connectivity index (χ2n) is 5.08. The van der Waals surface area contributed by atoms with Crippen LogP contribution in [0, 0.1) is 0 Å². The van der Waals surface area contributed by atoms with Crippen molar-refractivity contribution >= 4 is 47.8 Å². The van der Waals surface area contributed by atoms with Crippen LogP contribution in [0.25, 0.3) is 15.9 Å². The van der Waals surface area contributed by atoms with Crippen LogP contribution < -0.4 is 9.47 Å². The zero-order valence-corrected chi connectivity index (χ0v) is 14.4. The van der Waals surface area contributed by atoms with E-state index in [1.807, 2.05) is 11.8 Å². The molecule has 0 atom stereocenters. The summed E-state index contributed by atoms with van der Waals surface area (Å²) in [4.78, 5) is 3.64. The van der Waals surface area contributed by atoms with E-state index in [0.29, 0.717) is 14.5 Å². The normalized spacial score (nSPS) is 15.9. The molecule has 2 aromatic carbocycles. The van der Waals surface area contributed by atoms with Gasteiger partial charge in [-0.3, -0.25) is 0 Å². The Bertz CT molecular complexity index is 866. The predicted molar refractivity (Wildman–Crippen MR) is 90.7 cm³/mol. The van der Waals surface area contributed by atoms with Gasteiger partial charge in [0.15, 0.2) is 0 Å². The molecule has 3 aromatic rings. The van der Waals surface area contributed by atoms with Gasteiger partial charge >= 0.3 is 134 Å². The number of fused-ring (bicyclic) bond motifs is 2. The zero-order valence-electron chi connectivity index (χ0n) is 11.9. The van der Waals surface area contributed by atoms with E-state index >= 15 is 0 Å². The van der Waals surface area contributed by atoms with Gasteiger partial charge in [0.25, 0.3) is 0 Å². The summed E-state index contributed by atoms with van der Waals surface area (Å²) < 4.78 is 5.23. The van der Waals surface area contributed by atoms with Gasteiger partial charge in [-0.1, -0.05) is 0 Å². The molecule has 0 aliphatic carbocycles. The fourth-order valence-electron chi connectivity index (χ4n) is 2.60. The van der Waals surface area contributed by atoms with Crippen molar-refractivity contribution in [2.75, 3.05) is 11.9 Å². The van der Waals surface area contributed by atoms with Crippen LogP contribution in [-0.4, -0.2) is 21.6 Å². The van der Waals surface area contributed by atoms with Crippen LogP contribution in [0.4, 0.5) is 5.69 Å². The number of para-hydroxylation sites is 2. The zero-order chi connectivity index (χ0) is 14.4. The molecule has 0 saturated heterocycles. The number of anilines is 1. The van der Waals surface area contributed by atoms with E-state index in [0.717, 1.165) is 0 Å². The Labute approximate surface area is 134 Å². The van der Waals surface area contributed by atoms with E-state index in [9.17, 15) is 0 Å². The van der Waals surface area contributed by atoms with Gasteiger partial charge in [0, 0.05) is 0 Å². The molecular formula is C17H15N2SSe+. The Morgan fingerprint density at radius 3 is 2.67 bits per heavy atom. The number of rotatable bonds is 1. The molecule has 2 heterocycles. The van der Waals surface area contributed by atoms with E-state index in [4.69, 9.17) is 0 Å². The van der Waals surface area contributed by atoms with Crippen LogP contribution in [0.5, 0.6) is 0 Å². The van der Waals surface area contributed by atoms with Crippen LogP contribution in [0.3, 0.4) is 0 Å². The van der Waals surface area contributed by atoms with Gasteiger partial charge in [-0.15, -0.1) is 0 Å². The molecule has 0 spiro atoms. The average molecular weight is 358 g/mol. The third-order valence-corrected chi connectivity index (χ3v) is 7.40.